The normalized spacial score (nSPS) is 12.4. The van der Waals surface area contributed by atoms with Gasteiger partial charge < -0.3 is 15.5 Å². The lowest BCUT2D eigenvalue weighted by Crippen LogP contribution is -2.28. The summed E-state index contributed by atoms with van der Waals surface area (Å²) >= 11 is 0. The Morgan fingerprint density at radius 1 is 1.19 bits per heavy atom. The van der Waals surface area contributed by atoms with Crippen LogP contribution in [0.4, 0.5) is 13.2 Å². The number of ether oxygens (including phenoxy) is 1. The first kappa shape index (κ1) is 21.8. The maximum atomic E-state index is 13.3. The van der Waals surface area contributed by atoms with Gasteiger partial charge in [0.25, 0.3) is 11.5 Å². The molecule has 8 nitrogen and oxygen atoms in total. The van der Waals surface area contributed by atoms with E-state index in [1.54, 1.807) is 47.6 Å². The third-order valence-corrected chi connectivity index (χ3v) is 4.42. The lowest BCUT2D eigenvalue weighted by atomic mass is 10.1. The molecular formula is C20H17F3N4O4. The number of primary amides is 1. The molecule has 1 amide bonds. The number of alkyl halides is 3. The van der Waals surface area contributed by atoms with Gasteiger partial charge in [0.1, 0.15) is 11.3 Å². The first-order valence-electron chi connectivity index (χ1n) is 9.02. The number of aromatic amines is 1. The number of nitrogens with one attached hydrogen (secondary N) is 1. The molecule has 3 rings (SSSR count). The average Bonchev–Trinajstić information content (AvgIpc) is 3.23. The number of nitrogens with two attached hydrogens (primary N) is 1. The first-order chi connectivity index (χ1) is 14.7. The Kier molecular flexibility index (Phi) is 6.23. The average molecular weight is 434 g/mol. The molecular weight excluding hydrogens is 417 g/mol. The van der Waals surface area contributed by atoms with Crippen LogP contribution in [0.1, 0.15) is 33.2 Å². The van der Waals surface area contributed by atoms with E-state index in [0.29, 0.717) is 5.56 Å². The molecule has 0 fully saturated rings. The molecule has 3 N–H and O–H groups in total. The second kappa shape index (κ2) is 8.86. The second-order valence-corrected chi connectivity index (χ2v) is 6.49. The minimum atomic E-state index is -4.88. The van der Waals surface area contributed by atoms with Gasteiger partial charge in [0.15, 0.2) is 6.04 Å². The summed E-state index contributed by atoms with van der Waals surface area (Å²) in [5.74, 6) is -1.90. The SMILES string of the molecule is NC(=O)c1cc(CCOC(=O)[C@H](c2ccccc2)n2cccn2)c(C(F)(F)F)[nH]c1=O. The summed E-state index contributed by atoms with van der Waals surface area (Å²) in [6.45, 7) is -0.434. The highest BCUT2D eigenvalue weighted by Gasteiger charge is 2.35. The highest BCUT2D eigenvalue weighted by Crippen LogP contribution is 2.30. The number of benzene rings is 1. The van der Waals surface area contributed by atoms with Crippen LogP contribution in [0, 0.1) is 0 Å². The summed E-state index contributed by atoms with van der Waals surface area (Å²) in [4.78, 5) is 37.4. The van der Waals surface area contributed by atoms with E-state index in [9.17, 15) is 27.6 Å². The summed E-state index contributed by atoms with van der Waals surface area (Å²) in [6.07, 6.45) is -2.25. The fourth-order valence-corrected chi connectivity index (χ4v) is 3.01. The third kappa shape index (κ3) is 5.00. The molecule has 0 saturated heterocycles. The van der Waals surface area contributed by atoms with Crippen molar-refractivity contribution in [2.75, 3.05) is 6.61 Å². The van der Waals surface area contributed by atoms with Gasteiger partial charge in [-0.2, -0.15) is 18.3 Å². The molecule has 0 aliphatic rings. The zero-order valence-electron chi connectivity index (χ0n) is 15.9. The molecule has 0 spiro atoms. The van der Waals surface area contributed by atoms with Crippen molar-refractivity contribution in [2.45, 2.75) is 18.6 Å². The van der Waals surface area contributed by atoms with Crippen LogP contribution < -0.4 is 11.3 Å². The Hall–Kier alpha value is -3.89. The maximum absolute atomic E-state index is 13.3. The first-order valence-corrected chi connectivity index (χ1v) is 9.02. The number of carbonyl (C=O) groups excluding carboxylic acids is 2. The number of halogens is 3. The standard InChI is InChI=1S/C20H17F3N4O4/c21-20(22,23)16-13(11-14(17(24)28)18(29)26-16)7-10-31-19(30)15(27-9-4-8-25-27)12-5-2-1-3-6-12/h1-6,8-9,11,15H,7,10H2,(H2,24,28)(H,26,29)/t15-/m0/s1. The van der Waals surface area contributed by atoms with Crippen LogP contribution in [0.5, 0.6) is 0 Å². The predicted octanol–water partition coefficient (Wildman–Crippen LogP) is 2.06. The molecule has 11 heteroatoms. The van der Waals surface area contributed by atoms with Crippen LogP contribution >= 0.6 is 0 Å². The molecule has 31 heavy (non-hydrogen) atoms. The van der Waals surface area contributed by atoms with E-state index < -0.39 is 59.5 Å². The van der Waals surface area contributed by atoms with Crippen molar-refractivity contribution in [3.05, 3.63) is 87.6 Å². The number of hydrogen-bond donors (Lipinski definition) is 2. The smallest absolute Gasteiger partial charge is 0.431 e. The van der Waals surface area contributed by atoms with Crippen molar-refractivity contribution in [3.63, 3.8) is 0 Å². The fourth-order valence-electron chi connectivity index (χ4n) is 3.01. The van der Waals surface area contributed by atoms with Crippen LogP contribution in [-0.2, 0) is 22.1 Å². The monoisotopic (exact) mass is 434 g/mol. The molecule has 3 aromatic rings. The maximum Gasteiger partial charge on any atom is 0.431 e. The topological polar surface area (TPSA) is 120 Å². The molecule has 0 aliphatic heterocycles. The van der Waals surface area contributed by atoms with Crippen molar-refractivity contribution in [1.82, 2.24) is 14.8 Å². The van der Waals surface area contributed by atoms with Crippen LogP contribution in [0.25, 0.3) is 0 Å². The van der Waals surface area contributed by atoms with Crippen LogP contribution in [-0.4, -0.2) is 33.2 Å². The molecule has 1 aromatic carbocycles. The van der Waals surface area contributed by atoms with E-state index in [4.69, 9.17) is 10.5 Å². The van der Waals surface area contributed by atoms with Gasteiger partial charge in [-0.15, -0.1) is 0 Å². The number of aromatic nitrogens is 3. The van der Waals surface area contributed by atoms with Gasteiger partial charge in [0.05, 0.1) is 6.61 Å². The summed E-state index contributed by atoms with van der Waals surface area (Å²) < 4.78 is 46.4. The van der Waals surface area contributed by atoms with Crippen LogP contribution in [0.3, 0.4) is 0 Å². The van der Waals surface area contributed by atoms with Gasteiger partial charge >= 0.3 is 12.1 Å². The van der Waals surface area contributed by atoms with Gasteiger partial charge in [0, 0.05) is 18.8 Å². The van der Waals surface area contributed by atoms with Crippen molar-refractivity contribution >= 4 is 11.9 Å². The van der Waals surface area contributed by atoms with E-state index in [1.807, 2.05) is 0 Å². The second-order valence-electron chi connectivity index (χ2n) is 6.49. The van der Waals surface area contributed by atoms with E-state index in [1.165, 1.54) is 10.9 Å². The summed E-state index contributed by atoms with van der Waals surface area (Å²) in [7, 11) is 0. The third-order valence-electron chi connectivity index (χ3n) is 4.42. The molecule has 1 atom stereocenters. The highest BCUT2D eigenvalue weighted by atomic mass is 19.4. The zero-order valence-corrected chi connectivity index (χ0v) is 15.9. The molecule has 2 heterocycles. The number of nitrogens with zero attached hydrogens (tertiary/aromatic N) is 2. The van der Waals surface area contributed by atoms with E-state index >= 15 is 0 Å². The predicted molar refractivity (Wildman–Crippen MR) is 102 cm³/mol. The van der Waals surface area contributed by atoms with Crippen molar-refractivity contribution < 1.29 is 27.5 Å². The molecule has 2 aromatic heterocycles. The molecule has 0 unspecified atom stereocenters. The number of esters is 1. The lowest BCUT2D eigenvalue weighted by molar-refractivity contribution is -0.146. The Balaban J connectivity index is 1.81. The number of carbonyl (C=O) groups is 2. The molecule has 0 bridgehead atoms. The van der Waals surface area contributed by atoms with Gasteiger partial charge in [0.2, 0.25) is 0 Å². The highest BCUT2D eigenvalue weighted by molar-refractivity contribution is 5.92. The summed E-state index contributed by atoms with van der Waals surface area (Å²) in [6, 6.07) is 10.0. The largest absolute Gasteiger partial charge is 0.463 e. The number of H-pyrrole nitrogens is 1. The van der Waals surface area contributed by atoms with Gasteiger partial charge in [-0.05, 0) is 23.3 Å². The molecule has 0 radical (unpaired) electrons. The van der Waals surface area contributed by atoms with Crippen molar-refractivity contribution in [3.8, 4) is 0 Å². The number of amides is 1. The number of pyridine rings is 1. The van der Waals surface area contributed by atoms with E-state index in [2.05, 4.69) is 5.10 Å². The minimum Gasteiger partial charge on any atom is -0.463 e. The van der Waals surface area contributed by atoms with Gasteiger partial charge in [-0.3, -0.25) is 14.3 Å². The number of rotatable bonds is 7. The van der Waals surface area contributed by atoms with Gasteiger partial charge in [-0.1, -0.05) is 30.3 Å². The minimum absolute atomic E-state index is 0.405. The Morgan fingerprint density at radius 3 is 2.48 bits per heavy atom. The zero-order chi connectivity index (χ0) is 22.6. The fraction of sp³-hybridized carbons (Fsp3) is 0.200. The molecule has 0 aliphatic carbocycles. The van der Waals surface area contributed by atoms with E-state index in [-0.39, 0.29) is 0 Å². The molecule has 0 saturated carbocycles. The Labute approximate surface area is 173 Å². The van der Waals surface area contributed by atoms with Crippen LogP contribution in [0.2, 0.25) is 0 Å². The lowest BCUT2D eigenvalue weighted by Gasteiger charge is -2.18. The quantitative estimate of drug-likeness (QED) is 0.552. The molecule has 162 valence electrons. The van der Waals surface area contributed by atoms with Crippen molar-refractivity contribution in [2.24, 2.45) is 5.73 Å². The van der Waals surface area contributed by atoms with E-state index in [0.717, 1.165) is 6.07 Å². The van der Waals surface area contributed by atoms with Crippen LogP contribution in [0.15, 0.2) is 59.7 Å². The van der Waals surface area contributed by atoms with Crippen molar-refractivity contribution in [1.29, 1.82) is 0 Å². The Bertz CT molecular complexity index is 1130. The Morgan fingerprint density at radius 2 is 1.90 bits per heavy atom. The van der Waals surface area contributed by atoms with Gasteiger partial charge in [-0.25, -0.2) is 4.79 Å². The summed E-state index contributed by atoms with van der Waals surface area (Å²) in [5, 5.41) is 4.04. The summed E-state index contributed by atoms with van der Waals surface area (Å²) in [5.41, 5.74) is 2.00. The number of hydrogen-bond acceptors (Lipinski definition) is 5.